The van der Waals surface area contributed by atoms with E-state index in [-0.39, 0.29) is 11.0 Å². The van der Waals surface area contributed by atoms with Crippen molar-refractivity contribution in [2.24, 2.45) is 5.41 Å². The molecule has 0 radical (unpaired) electrons. The highest BCUT2D eigenvalue weighted by Crippen LogP contribution is 2.54. The molecule has 1 fully saturated rings. The minimum absolute atomic E-state index is 0.0750. The van der Waals surface area contributed by atoms with Crippen LogP contribution in [0.3, 0.4) is 0 Å². The number of hydrogen-bond donors (Lipinski definition) is 0. The van der Waals surface area contributed by atoms with Crippen LogP contribution >= 0.6 is 19.2 Å². The van der Waals surface area contributed by atoms with Crippen LogP contribution in [-0.2, 0) is 20.0 Å². The van der Waals surface area contributed by atoms with Crippen LogP contribution in [0.5, 0.6) is 0 Å². The van der Waals surface area contributed by atoms with Gasteiger partial charge in [-0.2, -0.15) is 0 Å². The molecule has 0 aliphatic carbocycles. The van der Waals surface area contributed by atoms with Crippen molar-refractivity contribution in [3.8, 4) is 0 Å². The first-order chi connectivity index (χ1) is 8.05. The zero-order valence-electron chi connectivity index (χ0n) is 9.77. The van der Waals surface area contributed by atoms with Crippen molar-refractivity contribution in [2.75, 3.05) is 18.8 Å². The van der Waals surface area contributed by atoms with Gasteiger partial charge in [-0.1, -0.05) is 37.3 Å². The van der Waals surface area contributed by atoms with Gasteiger partial charge in [0, 0.05) is 5.41 Å². The van der Waals surface area contributed by atoms with Crippen molar-refractivity contribution in [1.29, 1.82) is 0 Å². The second-order valence-corrected chi connectivity index (χ2v) is 7.44. The quantitative estimate of drug-likeness (QED) is 0.623. The van der Waals surface area contributed by atoms with Crippen LogP contribution < -0.4 is 0 Å². The Morgan fingerprint density at radius 1 is 1.29 bits per heavy atom. The fraction of sp³-hybridized carbons (Fsp3) is 0.500. The fourth-order valence-corrected chi connectivity index (χ4v) is 3.49. The summed E-state index contributed by atoms with van der Waals surface area (Å²) in [4.78, 5) is 0. The molecule has 0 saturated carbocycles. The summed E-state index contributed by atoms with van der Waals surface area (Å²) in [6.45, 7) is 2.91. The van der Waals surface area contributed by atoms with Gasteiger partial charge in [-0.25, -0.2) is 0 Å². The largest absolute Gasteiger partial charge is 0.345 e. The van der Waals surface area contributed by atoms with Gasteiger partial charge >= 0.3 is 7.60 Å². The highest BCUT2D eigenvalue weighted by molar-refractivity contribution is 7.55. The summed E-state index contributed by atoms with van der Waals surface area (Å²) < 4.78 is 22.4. The topological polar surface area (TPSA) is 35.5 Å². The molecule has 0 unspecified atom stereocenters. The summed E-state index contributed by atoms with van der Waals surface area (Å²) in [6.07, 6.45) is 0.843. The molecule has 5 heteroatoms. The molecule has 1 aromatic rings. The zero-order chi connectivity index (χ0) is 12.4. The Morgan fingerprint density at radius 2 is 1.88 bits per heavy atom. The molecule has 0 bridgehead atoms. The first-order valence-corrected chi connectivity index (χ1v) is 7.80. The highest BCUT2D eigenvalue weighted by Gasteiger charge is 2.38. The molecular formula is C12H16ClO3P. The monoisotopic (exact) mass is 274 g/mol. The second-order valence-electron chi connectivity index (χ2n) is 4.75. The third kappa shape index (κ3) is 3.32. The Balaban J connectivity index is 2.01. The number of halogens is 1. The van der Waals surface area contributed by atoms with E-state index in [2.05, 4.69) is 19.1 Å². The van der Waals surface area contributed by atoms with E-state index in [0.29, 0.717) is 13.2 Å². The molecule has 0 spiro atoms. The normalized spacial score (nSPS) is 33.5. The molecule has 1 aliphatic rings. The lowest BCUT2D eigenvalue weighted by molar-refractivity contribution is 0.0310. The lowest BCUT2D eigenvalue weighted by Gasteiger charge is -2.36. The van der Waals surface area contributed by atoms with Crippen LogP contribution in [0.4, 0.5) is 0 Å². The molecule has 2 rings (SSSR count). The molecule has 1 saturated heterocycles. The van der Waals surface area contributed by atoms with Gasteiger partial charge < -0.3 is 9.05 Å². The van der Waals surface area contributed by atoms with Gasteiger partial charge in [0.15, 0.2) is 0 Å². The molecule has 3 nitrogen and oxygen atoms in total. The number of alkyl halides is 1. The Bertz CT molecular complexity index is 409. The Kier molecular flexibility index (Phi) is 3.94. The predicted octanol–water partition coefficient (Wildman–Crippen LogP) is 3.67. The third-order valence-electron chi connectivity index (χ3n) is 2.84. The van der Waals surface area contributed by atoms with Crippen molar-refractivity contribution in [2.45, 2.75) is 13.3 Å². The summed E-state index contributed by atoms with van der Waals surface area (Å²) in [5.41, 5.74) is 1.01. The van der Waals surface area contributed by atoms with E-state index in [9.17, 15) is 4.57 Å². The van der Waals surface area contributed by atoms with Crippen molar-refractivity contribution in [1.82, 2.24) is 0 Å². The van der Waals surface area contributed by atoms with E-state index in [1.165, 1.54) is 5.56 Å². The minimum atomic E-state index is -3.01. The maximum absolute atomic E-state index is 11.8. The Hall–Kier alpha value is -0.340. The Labute approximate surface area is 107 Å². The molecule has 1 heterocycles. The summed E-state index contributed by atoms with van der Waals surface area (Å²) in [6, 6.07) is 10.1. The molecule has 0 aromatic heterocycles. The van der Waals surface area contributed by atoms with Crippen molar-refractivity contribution >= 4 is 19.2 Å². The van der Waals surface area contributed by atoms with Crippen LogP contribution in [0.2, 0.25) is 0 Å². The van der Waals surface area contributed by atoms with E-state index < -0.39 is 7.60 Å². The SMILES string of the molecule is CC1(Cc2ccccc2)COP(=O)(CCl)OC1. The molecular weight excluding hydrogens is 259 g/mol. The van der Waals surface area contributed by atoms with Crippen LogP contribution in [-0.4, -0.2) is 18.8 Å². The maximum Gasteiger partial charge on any atom is 0.345 e. The molecule has 0 atom stereocenters. The molecule has 0 N–H and O–H groups in total. The van der Waals surface area contributed by atoms with E-state index in [0.717, 1.165) is 6.42 Å². The van der Waals surface area contributed by atoms with Crippen molar-refractivity contribution < 1.29 is 13.6 Å². The van der Waals surface area contributed by atoms with Gasteiger partial charge in [-0.15, -0.1) is 11.6 Å². The van der Waals surface area contributed by atoms with Gasteiger partial charge in [0.1, 0.15) is 5.62 Å². The standard InChI is InChI=1S/C12H16ClO3P/c1-12(7-11-5-3-2-4-6-11)8-15-17(14,10-13)16-9-12/h2-6H,7-10H2,1H3. The molecule has 17 heavy (non-hydrogen) atoms. The molecule has 94 valence electrons. The first kappa shape index (κ1) is 13.1. The zero-order valence-corrected chi connectivity index (χ0v) is 11.4. The lowest BCUT2D eigenvalue weighted by atomic mass is 9.85. The van der Waals surface area contributed by atoms with Crippen LogP contribution in [0.1, 0.15) is 12.5 Å². The van der Waals surface area contributed by atoms with Crippen LogP contribution in [0.25, 0.3) is 0 Å². The van der Waals surface area contributed by atoms with Crippen LogP contribution in [0.15, 0.2) is 30.3 Å². The molecule has 0 amide bonds. The third-order valence-corrected chi connectivity index (χ3v) is 5.06. The summed E-state index contributed by atoms with van der Waals surface area (Å²) >= 11 is 5.56. The maximum atomic E-state index is 11.8. The van der Waals surface area contributed by atoms with Crippen LogP contribution in [0, 0.1) is 5.41 Å². The number of hydrogen-bond acceptors (Lipinski definition) is 3. The summed E-state index contributed by atoms with van der Waals surface area (Å²) in [5.74, 6) is 0. The van der Waals surface area contributed by atoms with Gasteiger partial charge in [-0.05, 0) is 12.0 Å². The second kappa shape index (κ2) is 5.11. The summed E-state index contributed by atoms with van der Waals surface area (Å²) in [7, 11) is -3.01. The summed E-state index contributed by atoms with van der Waals surface area (Å²) in [5, 5.41) is 0. The fourth-order valence-electron chi connectivity index (χ4n) is 1.85. The number of rotatable bonds is 3. The first-order valence-electron chi connectivity index (χ1n) is 5.53. The van der Waals surface area contributed by atoms with Crippen molar-refractivity contribution in [3.05, 3.63) is 35.9 Å². The number of benzene rings is 1. The van der Waals surface area contributed by atoms with E-state index >= 15 is 0 Å². The lowest BCUT2D eigenvalue weighted by Crippen LogP contribution is -2.34. The van der Waals surface area contributed by atoms with Gasteiger partial charge in [0.05, 0.1) is 13.2 Å². The Morgan fingerprint density at radius 3 is 2.41 bits per heavy atom. The average molecular weight is 275 g/mol. The van der Waals surface area contributed by atoms with Gasteiger partial charge in [0.25, 0.3) is 0 Å². The highest BCUT2D eigenvalue weighted by atomic mass is 35.5. The molecule has 1 aromatic carbocycles. The van der Waals surface area contributed by atoms with Gasteiger partial charge in [-0.3, -0.25) is 4.57 Å². The minimum Gasteiger partial charge on any atom is -0.307 e. The van der Waals surface area contributed by atoms with E-state index in [1.807, 2.05) is 18.2 Å². The smallest absolute Gasteiger partial charge is 0.307 e. The predicted molar refractivity (Wildman–Crippen MR) is 68.5 cm³/mol. The molecule has 1 aliphatic heterocycles. The van der Waals surface area contributed by atoms with E-state index in [4.69, 9.17) is 20.6 Å². The van der Waals surface area contributed by atoms with Gasteiger partial charge in [0.2, 0.25) is 0 Å². The average Bonchev–Trinajstić information content (AvgIpc) is 2.35. The van der Waals surface area contributed by atoms with Crippen molar-refractivity contribution in [3.63, 3.8) is 0 Å². The van der Waals surface area contributed by atoms with E-state index in [1.54, 1.807) is 0 Å².